The van der Waals surface area contributed by atoms with Gasteiger partial charge >= 0.3 is 0 Å². The maximum absolute atomic E-state index is 6.82. The van der Waals surface area contributed by atoms with Gasteiger partial charge in [0.15, 0.2) is 6.20 Å². The molecule has 154 valence electrons. The number of aryl methyl sites for hydroxylation is 2. The molecule has 0 N–H and O–H groups in total. The third-order valence-electron chi connectivity index (χ3n) is 7.44. The number of hydrogen-bond donors (Lipinski definition) is 0. The summed E-state index contributed by atoms with van der Waals surface area (Å²) in [6.07, 6.45) is 8.14. The minimum atomic E-state index is 0.0987. The fraction of sp³-hybridized carbons (Fsp3) is 0.407. The average molecular weight is 400 g/mol. The number of benzene rings is 2. The van der Waals surface area contributed by atoms with Crippen LogP contribution < -0.4 is 4.57 Å². The van der Waals surface area contributed by atoms with Gasteiger partial charge in [-0.15, -0.1) is 0 Å². The van der Waals surface area contributed by atoms with E-state index in [0.717, 1.165) is 22.4 Å². The van der Waals surface area contributed by atoms with E-state index in [2.05, 4.69) is 76.3 Å². The Morgan fingerprint density at radius 2 is 1.70 bits per heavy atom. The van der Waals surface area contributed by atoms with Gasteiger partial charge in [0.05, 0.1) is 18.0 Å². The lowest BCUT2D eigenvalue weighted by Gasteiger charge is -2.41. The number of furan rings is 1. The summed E-state index contributed by atoms with van der Waals surface area (Å²) in [6, 6.07) is 6.93. The Bertz CT molecular complexity index is 1320. The van der Waals surface area contributed by atoms with Crippen LogP contribution in [0.4, 0.5) is 0 Å². The molecule has 0 saturated heterocycles. The molecule has 0 aliphatic heterocycles. The van der Waals surface area contributed by atoms with E-state index in [0.29, 0.717) is 0 Å². The Hall–Kier alpha value is -2.68. The number of hydrogen-bond acceptors (Lipinski definition) is 2. The fourth-order valence-corrected chi connectivity index (χ4v) is 5.29. The standard InChI is InChI=1S/C27H31N2O/c1-16-14-19-18-8-9-20-23(27(5,6)11-10-26(20,3)4)25(18)30-24(19)22(17(16)2)21-15-28-12-13-29(21)7/h8-9,12-15H,10-11H2,1-7H3/q+1. The third-order valence-corrected chi connectivity index (χ3v) is 7.44. The molecule has 2 heterocycles. The summed E-state index contributed by atoms with van der Waals surface area (Å²) in [5.41, 5.74) is 9.90. The van der Waals surface area contributed by atoms with Crippen molar-refractivity contribution in [3.8, 4) is 11.3 Å². The minimum Gasteiger partial charge on any atom is -0.455 e. The van der Waals surface area contributed by atoms with E-state index < -0.39 is 0 Å². The molecule has 2 aromatic heterocycles. The molecule has 1 aliphatic rings. The normalized spacial score (nSPS) is 17.4. The highest BCUT2D eigenvalue weighted by Crippen LogP contribution is 2.50. The largest absolute Gasteiger partial charge is 0.455 e. The quantitative estimate of drug-likeness (QED) is 0.345. The molecule has 0 bridgehead atoms. The molecule has 0 spiro atoms. The Balaban J connectivity index is 1.96. The Morgan fingerprint density at radius 3 is 2.43 bits per heavy atom. The summed E-state index contributed by atoms with van der Waals surface area (Å²) in [5, 5.41) is 2.43. The summed E-state index contributed by atoms with van der Waals surface area (Å²) in [7, 11) is 2.07. The number of fused-ring (bicyclic) bond motifs is 5. The van der Waals surface area contributed by atoms with Crippen LogP contribution in [0.2, 0.25) is 0 Å². The number of aromatic nitrogens is 2. The molecule has 1 aliphatic carbocycles. The summed E-state index contributed by atoms with van der Waals surface area (Å²) >= 11 is 0. The predicted octanol–water partition coefficient (Wildman–Crippen LogP) is 6.44. The van der Waals surface area contributed by atoms with Crippen LogP contribution in [0, 0.1) is 13.8 Å². The van der Waals surface area contributed by atoms with Crippen LogP contribution in [0.1, 0.15) is 62.8 Å². The Morgan fingerprint density at radius 1 is 0.967 bits per heavy atom. The van der Waals surface area contributed by atoms with Crippen molar-refractivity contribution in [3.63, 3.8) is 0 Å². The van der Waals surface area contributed by atoms with Gasteiger partial charge in [0.2, 0.25) is 5.69 Å². The zero-order valence-electron chi connectivity index (χ0n) is 19.2. The zero-order chi connectivity index (χ0) is 21.4. The highest BCUT2D eigenvalue weighted by atomic mass is 16.3. The van der Waals surface area contributed by atoms with Crippen molar-refractivity contribution in [3.05, 3.63) is 59.0 Å². The zero-order valence-corrected chi connectivity index (χ0v) is 19.2. The maximum atomic E-state index is 6.82. The van der Waals surface area contributed by atoms with Crippen LogP contribution in [0.15, 0.2) is 41.2 Å². The van der Waals surface area contributed by atoms with Gasteiger partial charge in [-0.1, -0.05) is 39.8 Å². The van der Waals surface area contributed by atoms with Crippen molar-refractivity contribution in [1.82, 2.24) is 4.98 Å². The van der Waals surface area contributed by atoms with Gasteiger partial charge in [0, 0.05) is 16.3 Å². The van der Waals surface area contributed by atoms with Crippen LogP contribution in [-0.4, -0.2) is 4.98 Å². The van der Waals surface area contributed by atoms with E-state index in [1.54, 1.807) is 0 Å². The van der Waals surface area contributed by atoms with Gasteiger partial charge in [-0.05, 0) is 60.3 Å². The minimum absolute atomic E-state index is 0.0987. The summed E-state index contributed by atoms with van der Waals surface area (Å²) < 4.78 is 8.94. The second-order valence-electron chi connectivity index (χ2n) is 10.4. The molecule has 0 unspecified atom stereocenters. The second-order valence-corrected chi connectivity index (χ2v) is 10.4. The van der Waals surface area contributed by atoms with Crippen molar-refractivity contribution >= 4 is 21.9 Å². The average Bonchev–Trinajstić information content (AvgIpc) is 3.05. The molecule has 3 nitrogen and oxygen atoms in total. The van der Waals surface area contributed by atoms with Crippen molar-refractivity contribution in [2.24, 2.45) is 7.05 Å². The third kappa shape index (κ3) is 2.57. The molecular formula is C27H31N2O+. The molecule has 0 fully saturated rings. The van der Waals surface area contributed by atoms with Gasteiger partial charge in [0.25, 0.3) is 0 Å². The van der Waals surface area contributed by atoms with Crippen molar-refractivity contribution < 1.29 is 8.98 Å². The summed E-state index contributed by atoms with van der Waals surface area (Å²) in [5.74, 6) is 0. The smallest absolute Gasteiger partial charge is 0.234 e. The molecular weight excluding hydrogens is 368 g/mol. The SMILES string of the molecule is Cc1cc2c(oc3c4c(ccc32)C(C)(C)CCC4(C)C)c(-c2cncc[n+]2C)c1C. The Kier molecular flexibility index (Phi) is 3.96. The molecule has 30 heavy (non-hydrogen) atoms. The monoisotopic (exact) mass is 399 g/mol. The van der Waals surface area contributed by atoms with E-state index in [9.17, 15) is 0 Å². The van der Waals surface area contributed by atoms with E-state index in [4.69, 9.17) is 4.42 Å². The molecule has 0 radical (unpaired) electrons. The second kappa shape index (κ2) is 6.16. The molecule has 3 heteroatoms. The van der Waals surface area contributed by atoms with Gasteiger partial charge in [-0.25, -0.2) is 0 Å². The van der Waals surface area contributed by atoms with Crippen LogP contribution in [0.25, 0.3) is 33.2 Å². The molecule has 0 saturated carbocycles. The lowest BCUT2D eigenvalue weighted by Crippen LogP contribution is -2.33. The van der Waals surface area contributed by atoms with Crippen LogP contribution in [-0.2, 0) is 17.9 Å². The molecule has 0 amide bonds. The van der Waals surface area contributed by atoms with Gasteiger partial charge in [0.1, 0.15) is 18.2 Å². The molecule has 0 atom stereocenters. The lowest BCUT2D eigenvalue weighted by molar-refractivity contribution is -0.660. The highest BCUT2D eigenvalue weighted by Gasteiger charge is 2.39. The van der Waals surface area contributed by atoms with Crippen molar-refractivity contribution in [1.29, 1.82) is 0 Å². The topological polar surface area (TPSA) is 29.9 Å². The number of nitrogens with zero attached hydrogens (tertiary/aromatic N) is 2. The van der Waals surface area contributed by atoms with Gasteiger partial charge in [-0.2, -0.15) is 4.57 Å². The van der Waals surface area contributed by atoms with Crippen LogP contribution in [0.3, 0.4) is 0 Å². The molecule has 2 aromatic carbocycles. The first-order valence-electron chi connectivity index (χ1n) is 10.9. The van der Waals surface area contributed by atoms with E-state index in [1.165, 1.54) is 45.9 Å². The first-order chi connectivity index (χ1) is 14.1. The predicted molar refractivity (Wildman–Crippen MR) is 123 cm³/mol. The van der Waals surface area contributed by atoms with Crippen molar-refractivity contribution in [2.45, 2.75) is 65.2 Å². The van der Waals surface area contributed by atoms with E-state index in [-0.39, 0.29) is 10.8 Å². The van der Waals surface area contributed by atoms with Crippen molar-refractivity contribution in [2.75, 3.05) is 0 Å². The first kappa shape index (κ1) is 19.3. The van der Waals surface area contributed by atoms with Crippen LogP contribution >= 0.6 is 0 Å². The summed E-state index contributed by atoms with van der Waals surface area (Å²) in [4.78, 5) is 4.40. The molecule has 5 rings (SSSR count). The van der Waals surface area contributed by atoms with Gasteiger partial charge < -0.3 is 4.42 Å². The number of rotatable bonds is 1. The maximum Gasteiger partial charge on any atom is 0.234 e. The van der Waals surface area contributed by atoms with E-state index >= 15 is 0 Å². The fourth-order valence-electron chi connectivity index (χ4n) is 5.29. The first-order valence-corrected chi connectivity index (χ1v) is 10.9. The highest BCUT2D eigenvalue weighted by molar-refractivity contribution is 6.11. The summed E-state index contributed by atoms with van der Waals surface area (Å²) in [6.45, 7) is 13.8. The lowest BCUT2D eigenvalue weighted by atomic mass is 9.63. The van der Waals surface area contributed by atoms with Gasteiger partial charge in [-0.3, -0.25) is 4.98 Å². The Labute approximate surface area is 178 Å². The molecule has 4 aromatic rings. The van der Waals surface area contributed by atoms with E-state index in [1.807, 2.05) is 18.6 Å². The van der Waals surface area contributed by atoms with Crippen LogP contribution in [0.5, 0.6) is 0 Å².